The van der Waals surface area contributed by atoms with Gasteiger partial charge in [-0.3, -0.25) is 14.5 Å². The Morgan fingerprint density at radius 3 is 2.58 bits per heavy atom. The van der Waals surface area contributed by atoms with E-state index in [9.17, 15) is 9.59 Å². The smallest absolute Gasteiger partial charge is 0.293 e. The highest BCUT2D eigenvalue weighted by molar-refractivity contribution is 8.18. The maximum Gasteiger partial charge on any atom is 0.293 e. The van der Waals surface area contributed by atoms with E-state index < -0.39 is 0 Å². The van der Waals surface area contributed by atoms with Crippen molar-refractivity contribution in [2.24, 2.45) is 0 Å². The molecule has 0 atom stereocenters. The van der Waals surface area contributed by atoms with Crippen LogP contribution in [0.3, 0.4) is 0 Å². The van der Waals surface area contributed by atoms with Gasteiger partial charge in [0.15, 0.2) is 5.88 Å². The number of thioether (sulfide) groups is 1. The monoisotopic (exact) mass is 390 g/mol. The number of benzene rings is 1. The second kappa shape index (κ2) is 8.01. The standard InChI is InChI=1S/C19H19ClN2O3S/c1-3-21(4-2)17-10-9-14(25-17)11-16-18(23)22(19(24)26-16)12-13-7-5-6-8-15(13)20/h5-11H,3-4,12H2,1-2H3/b16-11-. The number of amides is 2. The number of nitrogens with zero attached hydrogens (tertiary/aromatic N) is 2. The van der Waals surface area contributed by atoms with Gasteiger partial charge in [0, 0.05) is 30.3 Å². The van der Waals surface area contributed by atoms with E-state index in [1.54, 1.807) is 24.3 Å². The SMILES string of the molecule is CCN(CC)c1ccc(/C=C2\SC(=O)N(Cc3ccccc3Cl)C2=O)o1. The molecule has 0 spiro atoms. The van der Waals surface area contributed by atoms with E-state index in [-0.39, 0.29) is 17.7 Å². The number of rotatable bonds is 6. The van der Waals surface area contributed by atoms with Crippen LogP contribution in [0.4, 0.5) is 10.7 Å². The molecule has 2 heterocycles. The summed E-state index contributed by atoms with van der Waals surface area (Å²) in [5.74, 6) is 0.965. The largest absolute Gasteiger partial charge is 0.441 e. The third-order valence-electron chi connectivity index (χ3n) is 4.12. The number of imide groups is 1. The molecule has 0 N–H and O–H groups in total. The first-order valence-electron chi connectivity index (χ1n) is 8.37. The first-order chi connectivity index (χ1) is 12.5. The second-order valence-corrected chi connectivity index (χ2v) is 7.11. The molecule has 1 saturated heterocycles. The van der Waals surface area contributed by atoms with E-state index in [0.29, 0.717) is 15.7 Å². The van der Waals surface area contributed by atoms with Crippen molar-refractivity contribution >= 4 is 46.5 Å². The minimum atomic E-state index is -0.333. The Morgan fingerprint density at radius 1 is 1.15 bits per heavy atom. The van der Waals surface area contributed by atoms with Crippen LogP contribution in [0, 0.1) is 0 Å². The van der Waals surface area contributed by atoms with E-state index >= 15 is 0 Å². The lowest BCUT2D eigenvalue weighted by Crippen LogP contribution is -2.27. The Labute approximate surface area is 161 Å². The molecule has 1 aliphatic rings. The quantitative estimate of drug-likeness (QED) is 0.648. The molecule has 1 aromatic heterocycles. The predicted octanol–water partition coefficient (Wildman–Crippen LogP) is 5.02. The Kier molecular flexibility index (Phi) is 5.74. The fourth-order valence-corrected chi connectivity index (χ4v) is 3.70. The molecule has 136 valence electrons. The van der Waals surface area contributed by atoms with Crippen LogP contribution in [0.1, 0.15) is 25.2 Å². The van der Waals surface area contributed by atoms with E-state index in [1.165, 1.54) is 4.90 Å². The highest BCUT2D eigenvalue weighted by Crippen LogP contribution is 2.34. The number of hydrogen-bond donors (Lipinski definition) is 0. The van der Waals surface area contributed by atoms with Gasteiger partial charge in [-0.15, -0.1) is 0 Å². The minimum absolute atomic E-state index is 0.157. The predicted molar refractivity (Wildman–Crippen MR) is 105 cm³/mol. The Hall–Kier alpha value is -2.18. The Morgan fingerprint density at radius 2 is 1.88 bits per heavy atom. The number of carbonyl (C=O) groups is 2. The van der Waals surface area contributed by atoms with Crippen molar-refractivity contribution in [1.82, 2.24) is 4.90 Å². The average Bonchev–Trinajstić information content (AvgIpc) is 3.18. The molecule has 1 fully saturated rings. The number of furan rings is 1. The topological polar surface area (TPSA) is 53.8 Å². The lowest BCUT2D eigenvalue weighted by atomic mass is 10.2. The molecule has 26 heavy (non-hydrogen) atoms. The molecule has 5 nitrogen and oxygen atoms in total. The van der Waals surface area contributed by atoms with E-state index in [1.807, 2.05) is 32.0 Å². The summed E-state index contributed by atoms with van der Waals surface area (Å²) in [6.45, 7) is 5.91. The summed E-state index contributed by atoms with van der Waals surface area (Å²) in [5.41, 5.74) is 0.736. The molecule has 0 radical (unpaired) electrons. The minimum Gasteiger partial charge on any atom is -0.441 e. The first-order valence-corrected chi connectivity index (χ1v) is 9.56. The molecule has 1 aliphatic heterocycles. The lowest BCUT2D eigenvalue weighted by molar-refractivity contribution is -0.123. The van der Waals surface area contributed by atoms with Gasteiger partial charge in [-0.1, -0.05) is 29.8 Å². The van der Waals surface area contributed by atoms with Gasteiger partial charge >= 0.3 is 0 Å². The van der Waals surface area contributed by atoms with Crippen LogP contribution in [0.15, 0.2) is 45.7 Å². The summed E-state index contributed by atoms with van der Waals surface area (Å²) in [5, 5.41) is 0.224. The van der Waals surface area contributed by atoms with Crippen LogP contribution in [0.5, 0.6) is 0 Å². The van der Waals surface area contributed by atoms with Crippen molar-refractivity contribution < 1.29 is 14.0 Å². The van der Waals surface area contributed by atoms with Crippen LogP contribution in [0.25, 0.3) is 6.08 Å². The van der Waals surface area contributed by atoms with E-state index in [0.717, 1.165) is 36.3 Å². The second-order valence-electron chi connectivity index (χ2n) is 5.71. The molecular weight excluding hydrogens is 372 g/mol. The van der Waals surface area contributed by atoms with E-state index in [2.05, 4.69) is 4.90 Å². The maximum absolute atomic E-state index is 12.6. The molecule has 2 amide bonds. The zero-order valence-corrected chi connectivity index (χ0v) is 16.1. The molecule has 0 unspecified atom stereocenters. The molecule has 0 saturated carbocycles. The van der Waals surface area contributed by atoms with Crippen molar-refractivity contribution in [2.45, 2.75) is 20.4 Å². The van der Waals surface area contributed by atoms with Crippen molar-refractivity contribution in [3.8, 4) is 0 Å². The van der Waals surface area contributed by atoms with Gasteiger partial charge in [-0.25, -0.2) is 0 Å². The van der Waals surface area contributed by atoms with Crippen molar-refractivity contribution in [2.75, 3.05) is 18.0 Å². The van der Waals surface area contributed by atoms with Gasteiger partial charge in [-0.05, 0) is 43.3 Å². The maximum atomic E-state index is 12.6. The zero-order chi connectivity index (χ0) is 18.7. The number of carbonyl (C=O) groups excluding carboxylic acids is 2. The van der Waals surface area contributed by atoms with Gasteiger partial charge in [-0.2, -0.15) is 0 Å². The summed E-state index contributed by atoms with van der Waals surface area (Å²) >= 11 is 7.05. The first kappa shape index (κ1) is 18.6. The Bertz CT molecular complexity index is 858. The summed E-state index contributed by atoms with van der Waals surface area (Å²) in [6, 6.07) is 10.8. The average molecular weight is 391 g/mol. The van der Waals surface area contributed by atoms with Crippen molar-refractivity contribution in [1.29, 1.82) is 0 Å². The molecule has 0 bridgehead atoms. The van der Waals surface area contributed by atoms with Gasteiger partial charge in [0.05, 0.1) is 11.4 Å². The van der Waals surface area contributed by atoms with Crippen molar-refractivity contribution in [3.63, 3.8) is 0 Å². The van der Waals surface area contributed by atoms with Crippen LogP contribution in [-0.4, -0.2) is 29.1 Å². The fraction of sp³-hybridized carbons (Fsp3) is 0.263. The molecule has 7 heteroatoms. The van der Waals surface area contributed by atoms with Crippen LogP contribution in [-0.2, 0) is 11.3 Å². The van der Waals surface area contributed by atoms with Crippen molar-refractivity contribution in [3.05, 3.63) is 57.6 Å². The third-order valence-corrected chi connectivity index (χ3v) is 5.40. The molecule has 3 rings (SSSR count). The van der Waals surface area contributed by atoms with Gasteiger partial charge in [0.1, 0.15) is 5.76 Å². The van der Waals surface area contributed by atoms with E-state index in [4.69, 9.17) is 16.0 Å². The number of anilines is 1. The van der Waals surface area contributed by atoms with Gasteiger partial charge in [0.2, 0.25) is 0 Å². The molecule has 2 aromatic rings. The molecule has 1 aromatic carbocycles. The van der Waals surface area contributed by atoms with Crippen LogP contribution >= 0.6 is 23.4 Å². The zero-order valence-electron chi connectivity index (χ0n) is 14.6. The number of halogens is 1. The summed E-state index contributed by atoms with van der Waals surface area (Å²) in [7, 11) is 0. The van der Waals surface area contributed by atoms with Crippen LogP contribution < -0.4 is 4.90 Å². The molecule has 0 aliphatic carbocycles. The summed E-state index contributed by atoms with van der Waals surface area (Å²) < 4.78 is 5.78. The highest BCUT2D eigenvalue weighted by atomic mass is 35.5. The third kappa shape index (κ3) is 3.81. The highest BCUT2D eigenvalue weighted by Gasteiger charge is 2.35. The summed E-state index contributed by atoms with van der Waals surface area (Å²) in [6.07, 6.45) is 1.62. The fourth-order valence-electron chi connectivity index (χ4n) is 2.69. The summed E-state index contributed by atoms with van der Waals surface area (Å²) in [4.78, 5) is 28.5. The van der Waals surface area contributed by atoms with Gasteiger partial charge in [0.25, 0.3) is 11.1 Å². The van der Waals surface area contributed by atoms with Crippen LogP contribution in [0.2, 0.25) is 5.02 Å². The molecular formula is C19H19ClN2O3S. The Balaban J connectivity index is 1.78. The lowest BCUT2D eigenvalue weighted by Gasteiger charge is -2.16. The normalized spacial score (nSPS) is 16.0. The van der Waals surface area contributed by atoms with Gasteiger partial charge < -0.3 is 9.32 Å². The number of hydrogen-bond acceptors (Lipinski definition) is 5.